The Bertz CT molecular complexity index is 284. The van der Waals surface area contributed by atoms with Crippen LogP contribution in [0.15, 0.2) is 4.52 Å². The van der Waals surface area contributed by atoms with E-state index in [1.165, 1.54) is 0 Å². The first-order valence-electron chi connectivity index (χ1n) is 5.18. The van der Waals surface area contributed by atoms with Crippen LogP contribution in [0.3, 0.4) is 0 Å². The Morgan fingerprint density at radius 3 is 2.43 bits per heavy atom. The highest BCUT2D eigenvalue weighted by atomic mass is 16.5. The minimum Gasteiger partial charge on any atom is -0.339 e. The molecule has 0 radical (unpaired) electrons. The lowest BCUT2D eigenvalue weighted by Crippen LogP contribution is -2.09. The minimum absolute atomic E-state index is 0.210. The number of hydrogen-bond acceptors (Lipinski definition) is 3. The number of nitrogens with zero attached hydrogens (tertiary/aromatic N) is 2. The Labute approximate surface area is 85.9 Å². The predicted octanol–water partition coefficient (Wildman–Crippen LogP) is 2.86. The van der Waals surface area contributed by atoms with Crippen molar-refractivity contribution >= 4 is 0 Å². The molecule has 14 heavy (non-hydrogen) atoms. The largest absolute Gasteiger partial charge is 0.339 e. The number of aromatic nitrogens is 2. The van der Waals surface area contributed by atoms with Crippen LogP contribution in [-0.2, 0) is 12.8 Å². The molecule has 3 nitrogen and oxygen atoms in total. The third-order valence-corrected chi connectivity index (χ3v) is 1.78. The van der Waals surface area contributed by atoms with Gasteiger partial charge in [0.15, 0.2) is 5.82 Å². The summed E-state index contributed by atoms with van der Waals surface area (Å²) in [5.74, 6) is 2.17. The maximum atomic E-state index is 5.18. The van der Waals surface area contributed by atoms with Gasteiger partial charge in [-0.2, -0.15) is 4.98 Å². The molecule has 0 saturated heterocycles. The van der Waals surface area contributed by atoms with Crippen molar-refractivity contribution < 1.29 is 4.52 Å². The maximum absolute atomic E-state index is 5.18. The van der Waals surface area contributed by atoms with E-state index in [1.807, 2.05) is 0 Å². The smallest absolute Gasteiger partial charge is 0.227 e. The normalized spacial score (nSPS) is 12.4. The Morgan fingerprint density at radius 1 is 1.29 bits per heavy atom. The maximum Gasteiger partial charge on any atom is 0.227 e. The molecule has 80 valence electrons. The van der Waals surface area contributed by atoms with Crippen LogP contribution < -0.4 is 0 Å². The summed E-state index contributed by atoms with van der Waals surface area (Å²) in [6, 6.07) is 0. The van der Waals surface area contributed by atoms with Gasteiger partial charge in [0.05, 0.1) is 0 Å². The number of rotatable bonds is 3. The quantitative estimate of drug-likeness (QED) is 0.746. The van der Waals surface area contributed by atoms with Crippen molar-refractivity contribution in [1.29, 1.82) is 0 Å². The molecule has 0 aliphatic rings. The lowest BCUT2D eigenvalue weighted by molar-refractivity contribution is 0.311. The molecule has 0 bridgehead atoms. The summed E-state index contributed by atoms with van der Waals surface area (Å²) in [4.78, 5) is 4.36. The van der Waals surface area contributed by atoms with Crippen LogP contribution in [0.5, 0.6) is 0 Å². The zero-order valence-electron chi connectivity index (χ0n) is 9.79. The molecule has 0 atom stereocenters. The van der Waals surface area contributed by atoms with E-state index in [0.29, 0.717) is 5.92 Å². The molecular weight excluding hydrogens is 176 g/mol. The van der Waals surface area contributed by atoms with E-state index >= 15 is 0 Å². The van der Waals surface area contributed by atoms with E-state index < -0.39 is 0 Å². The molecular formula is C11H20N2O. The third kappa shape index (κ3) is 3.90. The first-order valence-corrected chi connectivity index (χ1v) is 5.18. The van der Waals surface area contributed by atoms with Gasteiger partial charge in [-0.3, -0.25) is 0 Å². The molecule has 3 heteroatoms. The van der Waals surface area contributed by atoms with E-state index in [2.05, 4.69) is 44.8 Å². The molecule has 0 fully saturated rings. The first-order chi connectivity index (χ1) is 6.37. The second-order valence-corrected chi connectivity index (χ2v) is 5.44. The monoisotopic (exact) mass is 196 g/mol. The lowest BCUT2D eigenvalue weighted by atomic mass is 9.92. The summed E-state index contributed by atoms with van der Waals surface area (Å²) < 4.78 is 5.18. The van der Waals surface area contributed by atoms with Crippen LogP contribution in [0.2, 0.25) is 0 Å². The van der Waals surface area contributed by atoms with Gasteiger partial charge in [-0.05, 0) is 11.3 Å². The highest BCUT2D eigenvalue weighted by Crippen LogP contribution is 2.19. The molecule has 1 aromatic rings. The van der Waals surface area contributed by atoms with Crippen molar-refractivity contribution in [3.8, 4) is 0 Å². The highest BCUT2D eigenvalue weighted by Gasteiger charge is 2.16. The molecule has 0 aliphatic carbocycles. The number of hydrogen-bond donors (Lipinski definition) is 0. The molecule has 0 saturated carbocycles. The summed E-state index contributed by atoms with van der Waals surface area (Å²) in [7, 11) is 0. The molecule has 1 heterocycles. The van der Waals surface area contributed by atoms with Crippen molar-refractivity contribution in [1.82, 2.24) is 10.1 Å². The van der Waals surface area contributed by atoms with Crippen LogP contribution in [0.1, 0.15) is 46.3 Å². The van der Waals surface area contributed by atoms with Gasteiger partial charge in [0.2, 0.25) is 5.89 Å². The van der Waals surface area contributed by atoms with Gasteiger partial charge < -0.3 is 4.52 Å². The van der Waals surface area contributed by atoms with Gasteiger partial charge in [-0.25, -0.2) is 0 Å². The Balaban J connectivity index is 2.60. The summed E-state index contributed by atoms with van der Waals surface area (Å²) in [6.07, 6.45) is 1.74. The molecule has 0 unspecified atom stereocenters. The van der Waals surface area contributed by atoms with Crippen LogP contribution in [0, 0.1) is 11.3 Å². The fourth-order valence-electron chi connectivity index (χ4n) is 1.26. The van der Waals surface area contributed by atoms with Crippen LogP contribution in [0.25, 0.3) is 0 Å². The van der Waals surface area contributed by atoms with Crippen LogP contribution in [0.4, 0.5) is 0 Å². The van der Waals surface area contributed by atoms with Crippen molar-refractivity contribution in [3.63, 3.8) is 0 Å². The fraction of sp³-hybridized carbons (Fsp3) is 0.818. The SMILES string of the molecule is CC(C)Cc1noc(CC(C)(C)C)n1. The fourth-order valence-corrected chi connectivity index (χ4v) is 1.26. The second-order valence-electron chi connectivity index (χ2n) is 5.44. The van der Waals surface area contributed by atoms with Gasteiger partial charge in [0.25, 0.3) is 0 Å². The molecule has 1 aromatic heterocycles. The zero-order chi connectivity index (χ0) is 10.8. The molecule has 0 spiro atoms. The summed E-state index contributed by atoms with van der Waals surface area (Å²) in [6.45, 7) is 10.8. The van der Waals surface area contributed by atoms with Gasteiger partial charge >= 0.3 is 0 Å². The van der Waals surface area contributed by atoms with E-state index in [-0.39, 0.29) is 5.41 Å². The average Bonchev–Trinajstić information content (AvgIpc) is 2.30. The van der Waals surface area contributed by atoms with Crippen molar-refractivity contribution in [2.75, 3.05) is 0 Å². The highest BCUT2D eigenvalue weighted by molar-refractivity contribution is 4.90. The van der Waals surface area contributed by atoms with Gasteiger partial charge in [0, 0.05) is 12.8 Å². The Morgan fingerprint density at radius 2 is 1.93 bits per heavy atom. The van der Waals surface area contributed by atoms with Crippen LogP contribution >= 0.6 is 0 Å². The zero-order valence-corrected chi connectivity index (χ0v) is 9.79. The molecule has 0 aromatic carbocycles. The van der Waals surface area contributed by atoms with Crippen molar-refractivity contribution in [2.45, 2.75) is 47.5 Å². The topological polar surface area (TPSA) is 38.9 Å². The van der Waals surface area contributed by atoms with Crippen molar-refractivity contribution in [2.24, 2.45) is 11.3 Å². The van der Waals surface area contributed by atoms with Gasteiger partial charge in [-0.1, -0.05) is 39.8 Å². The van der Waals surface area contributed by atoms with E-state index in [4.69, 9.17) is 4.52 Å². The standard InChI is InChI=1S/C11H20N2O/c1-8(2)6-9-12-10(14-13-9)7-11(3,4)5/h8H,6-7H2,1-5H3. The lowest BCUT2D eigenvalue weighted by Gasteiger charge is -2.13. The summed E-state index contributed by atoms with van der Waals surface area (Å²) >= 11 is 0. The Hall–Kier alpha value is -0.860. The van der Waals surface area contributed by atoms with E-state index in [1.54, 1.807) is 0 Å². The van der Waals surface area contributed by atoms with Crippen molar-refractivity contribution in [3.05, 3.63) is 11.7 Å². The van der Waals surface area contributed by atoms with Gasteiger partial charge in [0.1, 0.15) is 0 Å². The average molecular weight is 196 g/mol. The first kappa shape index (κ1) is 11.2. The second kappa shape index (κ2) is 4.11. The van der Waals surface area contributed by atoms with E-state index in [9.17, 15) is 0 Å². The molecule has 0 N–H and O–H groups in total. The third-order valence-electron chi connectivity index (χ3n) is 1.78. The predicted molar refractivity (Wildman–Crippen MR) is 56.0 cm³/mol. The van der Waals surface area contributed by atoms with Crippen LogP contribution in [-0.4, -0.2) is 10.1 Å². The van der Waals surface area contributed by atoms with Gasteiger partial charge in [-0.15, -0.1) is 0 Å². The van der Waals surface area contributed by atoms with E-state index in [0.717, 1.165) is 24.6 Å². The minimum atomic E-state index is 0.210. The summed E-state index contributed by atoms with van der Waals surface area (Å²) in [5.41, 5.74) is 0.210. The molecule has 0 aliphatic heterocycles. The molecule has 1 rings (SSSR count). The Kier molecular flexibility index (Phi) is 3.29. The molecule has 0 amide bonds. The summed E-state index contributed by atoms with van der Waals surface area (Å²) in [5, 5.41) is 3.95.